The molecule has 0 spiro atoms. The van der Waals surface area contributed by atoms with Crippen molar-refractivity contribution in [2.24, 2.45) is 5.73 Å². The van der Waals surface area contributed by atoms with Crippen molar-refractivity contribution < 1.29 is 14.3 Å². The summed E-state index contributed by atoms with van der Waals surface area (Å²) in [6, 6.07) is 13.1. The third-order valence-electron chi connectivity index (χ3n) is 5.46. The fourth-order valence-electron chi connectivity index (χ4n) is 3.87. The average Bonchev–Trinajstić information content (AvgIpc) is 2.85. The largest absolute Gasteiger partial charge is 0.446 e. The summed E-state index contributed by atoms with van der Waals surface area (Å²) in [5.41, 5.74) is 8.56. The van der Waals surface area contributed by atoms with Gasteiger partial charge in [-0.25, -0.2) is 19.7 Å². The van der Waals surface area contributed by atoms with E-state index in [1.165, 1.54) is 6.92 Å². The number of aromatic nitrogens is 3. The third kappa shape index (κ3) is 6.00. The number of nitrogens with zero attached hydrogens (tertiary/aromatic N) is 5. The third-order valence-corrected chi connectivity index (χ3v) is 5.46. The molecule has 11 heteroatoms. The molecule has 1 fully saturated rings. The summed E-state index contributed by atoms with van der Waals surface area (Å²) in [6.07, 6.45) is 3.54. The van der Waals surface area contributed by atoms with E-state index in [0.717, 1.165) is 11.3 Å². The number of carbonyl (C=O) groups is 2. The van der Waals surface area contributed by atoms with E-state index in [0.29, 0.717) is 54.6 Å². The summed E-state index contributed by atoms with van der Waals surface area (Å²) in [4.78, 5) is 37.2. The number of nitrogens with two attached hydrogens (primary N) is 1. The Hall–Kier alpha value is -4.72. The Labute approximate surface area is 202 Å². The van der Waals surface area contributed by atoms with Gasteiger partial charge in [-0.2, -0.15) is 5.26 Å². The minimum atomic E-state index is -0.762. The lowest BCUT2D eigenvalue weighted by molar-refractivity contribution is -0.114. The average molecular weight is 473 g/mol. The van der Waals surface area contributed by atoms with E-state index < -0.39 is 6.09 Å². The molecule has 0 aliphatic carbocycles. The van der Waals surface area contributed by atoms with E-state index in [2.05, 4.69) is 36.6 Å². The lowest BCUT2D eigenvalue weighted by Crippen LogP contribution is -2.39. The summed E-state index contributed by atoms with van der Waals surface area (Å²) >= 11 is 0. The van der Waals surface area contributed by atoms with Crippen LogP contribution in [0.2, 0.25) is 0 Å². The molecule has 1 aliphatic rings. The number of benzene rings is 1. The van der Waals surface area contributed by atoms with Gasteiger partial charge in [0.1, 0.15) is 18.0 Å². The van der Waals surface area contributed by atoms with Crippen LogP contribution in [-0.2, 0) is 9.53 Å². The van der Waals surface area contributed by atoms with Crippen molar-refractivity contribution in [1.82, 2.24) is 15.0 Å². The first kappa shape index (κ1) is 23.4. The zero-order chi connectivity index (χ0) is 24.8. The Morgan fingerprint density at radius 1 is 1.17 bits per heavy atom. The van der Waals surface area contributed by atoms with E-state index in [9.17, 15) is 14.9 Å². The fraction of sp³-hybridized carbons (Fsp3) is 0.250. The Bertz CT molecular complexity index is 1260. The van der Waals surface area contributed by atoms with Gasteiger partial charge in [0.25, 0.3) is 0 Å². The smallest absolute Gasteiger partial charge is 0.404 e. The van der Waals surface area contributed by atoms with Crippen molar-refractivity contribution in [2.45, 2.75) is 25.9 Å². The fourth-order valence-corrected chi connectivity index (χ4v) is 3.87. The quantitative estimate of drug-likeness (QED) is 0.489. The molecule has 4 N–H and O–H groups in total. The molecule has 0 atom stereocenters. The number of amides is 2. The topological polar surface area (TPSA) is 159 Å². The number of primary amides is 1. The van der Waals surface area contributed by atoms with Crippen LogP contribution in [0.25, 0.3) is 11.3 Å². The molecule has 3 aromatic rings. The maximum absolute atomic E-state index is 11.1. The van der Waals surface area contributed by atoms with Crippen molar-refractivity contribution in [3.8, 4) is 17.3 Å². The monoisotopic (exact) mass is 472 g/mol. The number of carbonyl (C=O) groups excluding carboxylic acids is 2. The summed E-state index contributed by atoms with van der Waals surface area (Å²) in [6.45, 7) is 2.73. The van der Waals surface area contributed by atoms with Crippen LogP contribution in [-0.4, -0.2) is 46.1 Å². The molecule has 1 aromatic carbocycles. The number of nitriles is 1. The van der Waals surface area contributed by atoms with E-state index >= 15 is 0 Å². The van der Waals surface area contributed by atoms with Crippen molar-refractivity contribution in [3.63, 3.8) is 0 Å². The van der Waals surface area contributed by atoms with E-state index in [-0.39, 0.29) is 12.0 Å². The number of pyridine rings is 1. The molecule has 0 bridgehead atoms. The molecule has 0 radical (unpaired) electrons. The van der Waals surface area contributed by atoms with E-state index in [1.54, 1.807) is 36.7 Å². The maximum atomic E-state index is 11.1. The van der Waals surface area contributed by atoms with Gasteiger partial charge in [-0.05, 0) is 30.3 Å². The zero-order valence-corrected chi connectivity index (χ0v) is 19.1. The Balaban J connectivity index is 1.48. The second-order valence-corrected chi connectivity index (χ2v) is 7.97. The molecule has 0 unspecified atom stereocenters. The van der Waals surface area contributed by atoms with Crippen LogP contribution in [0.3, 0.4) is 0 Å². The molecule has 4 rings (SSSR count). The molecule has 3 heterocycles. The maximum Gasteiger partial charge on any atom is 0.404 e. The highest BCUT2D eigenvalue weighted by molar-refractivity contribution is 5.87. The first-order valence-corrected chi connectivity index (χ1v) is 11.0. The lowest BCUT2D eigenvalue weighted by Gasteiger charge is -2.33. The van der Waals surface area contributed by atoms with Gasteiger partial charge in [0.15, 0.2) is 0 Å². The van der Waals surface area contributed by atoms with E-state index in [1.807, 2.05) is 12.1 Å². The molecule has 1 saturated heterocycles. The van der Waals surface area contributed by atoms with Gasteiger partial charge in [-0.1, -0.05) is 6.07 Å². The Morgan fingerprint density at radius 3 is 2.63 bits per heavy atom. The molecule has 2 amide bonds. The molecular formula is C24H24N8O3. The predicted molar refractivity (Wildman–Crippen MR) is 130 cm³/mol. The van der Waals surface area contributed by atoms with Crippen molar-refractivity contribution in [1.29, 1.82) is 5.26 Å². The van der Waals surface area contributed by atoms with E-state index in [4.69, 9.17) is 10.5 Å². The minimum absolute atomic E-state index is 0.196. The number of hydrogen-bond acceptors (Lipinski definition) is 9. The summed E-state index contributed by atoms with van der Waals surface area (Å²) in [7, 11) is 0. The second kappa shape index (κ2) is 10.5. The van der Waals surface area contributed by atoms with Crippen molar-refractivity contribution in [3.05, 3.63) is 54.4 Å². The second-order valence-electron chi connectivity index (χ2n) is 7.97. The molecular weight excluding hydrogens is 448 g/mol. The Morgan fingerprint density at radius 2 is 1.97 bits per heavy atom. The van der Waals surface area contributed by atoms with Gasteiger partial charge in [0, 0.05) is 44.6 Å². The first-order chi connectivity index (χ1) is 16.9. The van der Waals surface area contributed by atoms with Crippen LogP contribution in [0.1, 0.15) is 25.3 Å². The van der Waals surface area contributed by atoms with Gasteiger partial charge in [-0.3, -0.25) is 4.79 Å². The predicted octanol–water partition coefficient (Wildman–Crippen LogP) is 3.18. The van der Waals surface area contributed by atoms with Crippen molar-refractivity contribution in [2.75, 3.05) is 28.6 Å². The first-order valence-electron chi connectivity index (χ1n) is 11.0. The minimum Gasteiger partial charge on any atom is -0.446 e. The number of anilines is 4. The number of ether oxygens (including phenoxy) is 1. The van der Waals surface area contributed by atoms with Gasteiger partial charge >= 0.3 is 6.09 Å². The van der Waals surface area contributed by atoms with Crippen LogP contribution in [0, 0.1) is 11.3 Å². The highest BCUT2D eigenvalue weighted by Gasteiger charge is 2.23. The molecule has 35 heavy (non-hydrogen) atoms. The molecule has 178 valence electrons. The number of hydrogen-bond donors (Lipinski definition) is 3. The normalized spacial score (nSPS) is 13.5. The molecule has 1 aliphatic heterocycles. The van der Waals surface area contributed by atoms with Crippen LogP contribution in [0.15, 0.2) is 48.8 Å². The number of nitrogens with one attached hydrogen (secondary N) is 2. The van der Waals surface area contributed by atoms with Crippen LogP contribution in [0.5, 0.6) is 0 Å². The van der Waals surface area contributed by atoms with Gasteiger partial charge in [-0.15, -0.1) is 0 Å². The van der Waals surface area contributed by atoms with Gasteiger partial charge in [0.2, 0.25) is 11.9 Å². The Kier molecular flexibility index (Phi) is 7.02. The zero-order valence-electron chi connectivity index (χ0n) is 19.1. The summed E-state index contributed by atoms with van der Waals surface area (Å²) in [5, 5.41) is 15.5. The molecule has 11 nitrogen and oxygen atoms in total. The summed E-state index contributed by atoms with van der Waals surface area (Å²) in [5.74, 6) is 0.626. The number of piperidine rings is 1. The van der Waals surface area contributed by atoms with Gasteiger partial charge < -0.3 is 26.0 Å². The van der Waals surface area contributed by atoms with Crippen LogP contribution < -0.4 is 21.3 Å². The highest BCUT2D eigenvalue weighted by Crippen LogP contribution is 2.29. The van der Waals surface area contributed by atoms with Crippen molar-refractivity contribution >= 4 is 35.1 Å². The molecule has 2 aromatic heterocycles. The van der Waals surface area contributed by atoms with Crippen LogP contribution >= 0.6 is 0 Å². The lowest BCUT2D eigenvalue weighted by atomic mass is 10.0. The standard InChI is InChI=1S/C24H24N8O3/c1-15(33)29-22-5-3-18(14-28-22)30-24-27-9-6-20(31-24)16-2-4-21(17(12-16)13-25)32-10-7-19(8-11-32)35-23(26)34/h2-6,9,12,14,19H,7-8,10-11H2,1H3,(H2,26,34)(H,27,30,31)(H,28,29,33). The highest BCUT2D eigenvalue weighted by atomic mass is 16.6. The molecule has 0 saturated carbocycles. The SMILES string of the molecule is CC(=O)Nc1ccc(Nc2nccc(-c3ccc(N4CCC(OC(N)=O)CC4)c(C#N)c3)n2)cn1. The number of rotatable bonds is 6. The van der Waals surface area contributed by atoms with Gasteiger partial charge in [0.05, 0.1) is 28.8 Å². The summed E-state index contributed by atoms with van der Waals surface area (Å²) < 4.78 is 5.09. The van der Waals surface area contributed by atoms with Crippen LogP contribution in [0.4, 0.5) is 27.9 Å².